The highest BCUT2D eigenvalue weighted by atomic mass is 16.2. The molecule has 110 valence electrons. The molecule has 1 aromatic rings. The van der Waals surface area contributed by atoms with Crippen LogP contribution in [0.5, 0.6) is 0 Å². The van der Waals surface area contributed by atoms with Gasteiger partial charge in [0.15, 0.2) is 0 Å². The average Bonchev–Trinajstić information content (AvgIpc) is 2.37. The summed E-state index contributed by atoms with van der Waals surface area (Å²) in [5.74, 6) is 0.929. The SMILES string of the molecule is CCN(CC1CCC1)C(=O)C(C)(C)c1ccc(N)cc1. The summed E-state index contributed by atoms with van der Waals surface area (Å²) in [6.45, 7) is 7.77. The lowest BCUT2D eigenvalue weighted by Crippen LogP contribution is -2.46. The third-order valence-electron chi connectivity index (χ3n) is 4.54. The third kappa shape index (κ3) is 2.97. The molecule has 0 heterocycles. The number of carbonyl (C=O) groups excluding carboxylic acids is 1. The Morgan fingerprint density at radius 1 is 1.30 bits per heavy atom. The van der Waals surface area contributed by atoms with Crippen molar-refractivity contribution in [3.8, 4) is 0 Å². The first-order valence-electron chi connectivity index (χ1n) is 7.60. The molecule has 1 saturated carbocycles. The van der Waals surface area contributed by atoms with E-state index in [4.69, 9.17) is 5.73 Å². The zero-order chi connectivity index (χ0) is 14.8. The molecule has 0 saturated heterocycles. The second-order valence-electron chi connectivity index (χ2n) is 6.39. The second-order valence-corrected chi connectivity index (χ2v) is 6.39. The Kier molecular flexibility index (Phi) is 4.36. The van der Waals surface area contributed by atoms with E-state index in [1.54, 1.807) is 0 Å². The number of hydrogen-bond acceptors (Lipinski definition) is 2. The van der Waals surface area contributed by atoms with E-state index in [-0.39, 0.29) is 5.91 Å². The van der Waals surface area contributed by atoms with Gasteiger partial charge in [0.1, 0.15) is 0 Å². The van der Waals surface area contributed by atoms with Crippen LogP contribution in [-0.4, -0.2) is 23.9 Å². The van der Waals surface area contributed by atoms with Crippen molar-refractivity contribution in [2.45, 2.75) is 45.4 Å². The van der Waals surface area contributed by atoms with Gasteiger partial charge in [-0.1, -0.05) is 18.6 Å². The molecule has 0 atom stereocenters. The number of rotatable bonds is 5. The average molecular weight is 274 g/mol. The normalized spacial score (nSPS) is 15.8. The van der Waals surface area contributed by atoms with E-state index in [9.17, 15) is 4.79 Å². The predicted molar refractivity (Wildman–Crippen MR) is 83.5 cm³/mol. The van der Waals surface area contributed by atoms with Gasteiger partial charge in [0.05, 0.1) is 5.41 Å². The monoisotopic (exact) mass is 274 g/mol. The van der Waals surface area contributed by atoms with Gasteiger partial charge >= 0.3 is 0 Å². The van der Waals surface area contributed by atoms with Gasteiger partial charge in [-0.3, -0.25) is 4.79 Å². The minimum Gasteiger partial charge on any atom is -0.399 e. The van der Waals surface area contributed by atoms with Crippen LogP contribution in [0.25, 0.3) is 0 Å². The molecule has 0 aromatic heterocycles. The molecule has 0 aliphatic heterocycles. The molecule has 0 bridgehead atoms. The van der Waals surface area contributed by atoms with Crippen molar-refractivity contribution in [3.63, 3.8) is 0 Å². The minimum absolute atomic E-state index is 0.219. The molecule has 2 N–H and O–H groups in total. The zero-order valence-electron chi connectivity index (χ0n) is 12.9. The Morgan fingerprint density at radius 2 is 1.90 bits per heavy atom. The minimum atomic E-state index is -0.493. The smallest absolute Gasteiger partial charge is 0.232 e. The van der Waals surface area contributed by atoms with Crippen molar-refractivity contribution in [3.05, 3.63) is 29.8 Å². The van der Waals surface area contributed by atoms with Crippen LogP contribution in [0.2, 0.25) is 0 Å². The first-order chi connectivity index (χ1) is 9.45. The number of nitrogen functional groups attached to an aromatic ring is 1. The first-order valence-corrected chi connectivity index (χ1v) is 7.60. The largest absolute Gasteiger partial charge is 0.399 e. The standard InChI is InChI=1S/C17H26N2O/c1-4-19(12-13-6-5-7-13)16(20)17(2,3)14-8-10-15(18)11-9-14/h8-11,13H,4-7,12,18H2,1-3H3. The molecule has 1 amide bonds. The molecule has 1 aromatic carbocycles. The van der Waals surface area contributed by atoms with E-state index < -0.39 is 5.41 Å². The molecular formula is C17H26N2O. The van der Waals surface area contributed by atoms with Crippen molar-refractivity contribution < 1.29 is 4.79 Å². The maximum atomic E-state index is 12.9. The highest BCUT2D eigenvalue weighted by Gasteiger charge is 2.34. The maximum absolute atomic E-state index is 12.9. The summed E-state index contributed by atoms with van der Waals surface area (Å²) in [4.78, 5) is 14.9. The lowest BCUT2D eigenvalue weighted by atomic mass is 9.81. The molecular weight excluding hydrogens is 248 g/mol. The molecule has 0 spiro atoms. The van der Waals surface area contributed by atoms with Crippen LogP contribution in [0.15, 0.2) is 24.3 Å². The summed E-state index contributed by atoms with van der Waals surface area (Å²) < 4.78 is 0. The van der Waals surface area contributed by atoms with Crippen LogP contribution in [0, 0.1) is 5.92 Å². The molecule has 1 aliphatic carbocycles. The van der Waals surface area contributed by atoms with Gasteiger partial charge in [0.2, 0.25) is 5.91 Å². The quantitative estimate of drug-likeness (QED) is 0.838. The van der Waals surface area contributed by atoms with E-state index in [0.717, 1.165) is 24.3 Å². The number of carbonyl (C=O) groups is 1. The summed E-state index contributed by atoms with van der Waals surface area (Å²) in [7, 11) is 0. The lowest BCUT2D eigenvalue weighted by Gasteiger charge is -2.36. The summed E-state index contributed by atoms with van der Waals surface area (Å²) in [5, 5.41) is 0. The number of anilines is 1. The Bertz CT molecular complexity index is 460. The van der Waals surface area contributed by atoms with Crippen LogP contribution < -0.4 is 5.73 Å². The summed E-state index contributed by atoms with van der Waals surface area (Å²) in [6.07, 6.45) is 3.86. The van der Waals surface area contributed by atoms with Crippen molar-refractivity contribution in [1.29, 1.82) is 0 Å². The van der Waals surface area contributed by atoms with Crippen LogP contribution in [0.4, 0.5) is 5.69 Å². The van der Waals surface area contributed by atoms with Gasteiger partial charge in [-0.05, 0) is 57.2 Å². The third-order valence-corrected chi connectivity index (χ3v) is 4.54. The first kappa shape index (κ1) is 14.9. The Balaban J connectivity index is 2.13. The number of nitrogens with two attached hydrogens (primary N) is 1. The Hall–Kier alpha value is -1.51. The van der Waals surface area contributed by atoms with E-state index in [2.05, 4.69) is 6.92 Å². The van der Waals surface area contributed by atoms with Gasteiger partial charge in [0, 0.05) is 18.8 Å². The molecule has 2 rings (SSSR count). The summed E-state index contributed by atoms with van der Waals surface area (Å²) >= 11 is 0. The van der Waals surface area contributed by atoms with E-state index in [1.807, 2.05) is 43.0 Å². The zero-order valence-corrected chi connectivity index (χ0v) is 12.9. The fourth-order valence-corrected chi connectivity index (χ4v) is 2.76. The highest BCUT2D eigenvalue weighted by Crippen LogP contribution is 2.30. The van der Waals surface area contributed by atoms with Crippen LogP contribution in [-0.2, 0) is 10.2 Å². The van der Waals surface area contributed by atoms with Gasteiger partial charge in [0.25, 0.3) is 0 Å². The summed E-state index contributed by atoms with van der Waals surface area (Å²) in [5.41, 5.74) is 7.00. The van der Waals surface area contributed by atoms with Crippen molar-refractivity contribution in [2.75, 3.05) is 18.8 Å². The van der Waals surface area contributed by atoms with Crippen LogP contribution in [0.3, 0.4) is 0 Å². The molecule has 3 nitrogen and oxygen atoms in total. The van der Waals surface area contributed by atoms with Crippen molar-refractivity contribution in [2.24, 2.45) is 5.92 Å². The molecule has 0 unspecified atom stereocenters. The Labute approximate surface area is 122 Å². The van der Waals surface area contributed by atoms with Gasteiger partial charge in [-0.15, -0.1) is 0 Å². The maximum Gasteiger partial charge on any atom is 0.232 e. The van der Waals surface area contributed by atoms with E-state index in [0.29, 0.717) is 5.92 Å². The Morgan fingerprint density at radius 3 is 2.35 bits per heavy atom. The van der Waals surface area contributed by atoms with Crippen molar-refractivity contribution >= 4 is 11.6 Å². The van der Waals surface area contributed by atoms with E-state index in [1.165, 1.54) is 19.3 Å². The topological polar surface area (TPSA) is 46.3 Å². The van der Waals surface area contributed by atoms with Gasteiger partial charge < -0.3 is 10.6 Å². The number of hydrogen-bond donors (Lipinski definition) is 1. The second kappa shape index (κ2) is 5.86. The fraction of sp³-hybridized carbons (Fsp3) is 0.588. The van der Waals surface area contributed by atoms with E-state index >= 15 is 0 Å². The molecule has 20 heavy (non-hydrogen) atoms. The van der Waals surface area contributed by atoms with Crippen LogP contribution in [0.1, 0.15) is 45.6 Å². The van der Waals surface area contributed by atoms with Gasteiger partial charge in [-0.25, -0.2) is 0 Å². The number of nitrogens with zero attached hydrogens (tertiary/aromatic N) is 1. The van der Waals surface area contributed by atoms with Crippen LogP contribution >= 0.6 is 0 Å². The molecule has 1 aliphatic rings. The highest BCUT2D eigenvalue weighted by molar-refractivity contribution is 5.87. The number of benzene rings is 1. The molecule has 3 heteroatoms. The number of amides is 1. The fourth-order valence-electron chi connectivity index (χ4n) is 2.76. The lowest BCUT2D eigenvalue weighted by molar-refractivity contribution is -0.137. The predicted octanol–water partition coefficient (Wildman–Crippen LogP) is 3.20. The molecule has 1 fully saturated rings. The summed E-state index contributed by atoms with van der Waals surface area (Å²) in [6, 6.07) is 7.66. The van der Waals surface area contributed by atoms with Crippen molar-refractivity contribution in [1.82, 2.24) is 4.90 Å². The van der Waals surface area contributed by atoms with Gasteiger partial charge in [-0.2, -0.15) is 0 Å². The molecule has 0 radical (unpaired) electrons. The number of likely N-dealkylation sites (N-methyl/N-ethyl adjacent to an activating group) is 1.